The van der Waals surface area contributed by atoms with E-state index in [0.29, 0.717) is 18.1 Å². The topological polar surface area (TPSA) is 54.3 Å². The summed E-state index contributed by atoms with van der Waals surface area (Å²) in [7, 11) is 0. The third-order valence-electron chi connectivity index (χ3n) is 4.58. The molecular weight excluding hydrogens is 350 g/mol. The second-order valence-electron chi connectivity index (χ2n) is 6.15. The van der Waals surface area contributed by atoms with Crippen LogP contribution in [0.3, 0.4) is 0 Å². The SMILES string of the molecule is O=C(c1ccccc1)N1CCN(c2ccc(-n3cnnc3)cc2Cl)CC1. The smallest absolute Gasteiger partial charge is 0.253 e. The van der Waals surface area contributed by atoms with Crippen molar-refractivity contribution in [2.45, 2.75) is 0 Å². The molecule has 0 aliphatic carbocycles. The quantitative estimate of drug-likeness (QED) is 0.714. The van der Waals surface area contributed by atoms with E-state index in [4.69, 9.17) is 11.6 Å². The lowest BCUT2D eigenvalue weighted by Gasteiger charge is -2.36. The van der Waals surface area contributed by atoms with Gasteiger partial charge in [0.05, 0.1) is 10.7 Å². The highest BCUT2D eigenvalue weighted by atomic mass is 35.5. The van der Waals surface area contributed by atoms with Gasteiger partial charge in [-0.1, -0.05) is 29.8 Å². The van der Waals surface area contributed by atoms with Gasteiger partial charge in [-0.15, -0.1) is 10.2 Å². The summed E-state index contributed by atoms with van der Waals surface area (Å²) in [6, 6.07) is 15.3. The van der Waals surface area contributed by atoms with E-state index in [-0.39, 0.29) is 5.91 Å². The van der Waals surface area contributed by atoms with Crippen LogP contribution in [-0.4, -0.2) is 51.8 Å². The van der Waals surface area contributed by atoms with Crippen molar-refractivity contribution in [2.24, 2.45) is 0 Å². The summed E-state index contributed by atoms with van der Waals surface area (Å²) in [5, 5.41) is 8.30. The van der Waals surface area contributed by atoms with Crippen molar-refractivity contribution in [1.29, 1.82) is 0 Å². The summed E-state index contributed by atoms with van der Waals surface area (Å²) < 4.78 is 1.81. The number of hydrogen-bond donors (Lipinski definition) is 0. The van der Waals surface area contributed by atoms with Crippen molar-refractivity contribution >= 4 is 23.2 Å². The summed E-state index contributed by atoms with van der Waals surface area (Å²) in [6.45, 7) is 2.86. The number of rotatable bonds is 3. The number of nitrogens with zero attached hydrogens (tertiary/aromatic N) is 5. The molecule has 1 aliphatic heterocycles. The van der Waals surface area contributed by atoms with Crippen LogP contribution in [0.1, 0.15) is 10.4 Å². The molecule has 1 amide bonds. The standard InChI is InChI=1S/C19H18ClN5O/c20-17-12-16(25-13-21-22-14-25)6-7-18(17)23-8-10-24(11-9-23)19(26)15-4-2-1-3-5-15/h1-7,12-14H,8-11H2. The Balaban J connectivity index is 1.44. The molecule has 0 bridgehead atoms. The minimum absolute atomic E-state index is 0.0827. The molecule has 6 nitrogen and oxygen atoms in total. The number of anilines is 1. The fourth-order valence-electron chi connectivity index (χ4n) is 3.16. The monoisotopic (exact) mass is 367 g/mol. The van der Waals surface area contributed by atoms with Gasteiger partial charge >= 0.3 is 0 Å². The molecule has 0 radical (unpaired) electrons. The van der Waals surface area contributed by atoms with Crippen molar-refractivity contribution in [3.63, 3.8) is 0 Å². The fraction of sp³-hybridized carbons (Fsp3) is 0.211. The van der Waals surface area contributed by atoms with Crippen LogP contribution >= 0.6 is 11.6 Å². The van der Waals surface area contributed by atoms with Crippen molar-refractivity contribution in [2.75, 3.05) is 31.1 Å². The summed E-state index contributed by atoms with van der Waals surface area (Å²) in [4.78, 5) is 16.7. The molecule has 1 saturated heterocycles. The number of benzene rings is 2. The predicted octanol–water partition coefficient (Wildman–Crippen LogP) is 2.88. The molecular formula is C19H18ClN5O. The van der Waals surface area contributed by atoms with Gasteiger partial charge in [-0.05, 0) is 30.3 Å². The van der Waals surface area contributed by atoms with Gasteiger partial charge in [0.2, 0.25) is 0 Å². The number of carbonyl (C=O) groups is 1. The predicted molar refractivity (Wildman–Crippen MR) is 101 cm³/mol. The first-order valence-corrected chi connectivity index (χ1v) is 8.84. The van der Waals surface area contributed by atoms with Gasteiger partial charge < -0.3 is 9.80 Å². The highest BCUT2D eigenvalue weighted by Gasteiger charge is 2.23. The number of amides is 1. The molecule has 3 aromatic rings. The van der Waals surface area contributed by atoms with Gasteiger partial charge in [-0.25, -0.2) is 0 Å². The molecule has 0 atom stereocenters. The number of piperazine rings is 1. The molecule has 4 rings (SSSR count). The van der Waals surface area contributed by atoms with Crippen molar-refractivity contribution < 1.29 is 4.79 Å². The summed E-state index contributed by atoms with van der Waals surface area (Å²) >= 11 is 6.50. The van der Waals surface area contributed by atoms with E-state index in [2.05, 4.69) is 15.1 Å². The van der Waals surface area contributed by atoms with E-state index in [9.17, 15) is 4.79 Å². The third-order valence-corrected chi connectivity index (χ3v) is 4.88. The lowest BCUT2D eigenvalue weighted by atomic mass is 10.1. The third kappa shape index (κ3) is 3.28. The molecule has 0 unspecified atom stereocenters. The van der Waals surface area contributed by atoms with Gasteiger partial charge in [0.15, 0.2) is 0 Å². The molecule has 1 aliphatic rings. The van der Waals surface area contributed by atoms with E-state index in [0.717, 1.165) is 30.0 Å². The summed E-state index contributed by atoms with van der Waals surface area (Å²) in [6.07, 6.45) is 3.28. The number of carbonyl (C=O) groups excluding carboxylic acids is 1. The lowest BCUT2D eigenvalue weighted by Crippen LogP contribution is -2.48. The van der Waals surface area contributed by atoms with E-state index in [1.165, 1.54) is 0 Å². The van der Waals surface area contributed by atoms with E-state index >= 15 is 0 Å². The first-order valence-electron chi connectivity index (χ1n) is 8.46. The van der Waals surface area contributed by atoms with Crippen LogP contribution in [0.4, 0.5) is 5.69 Å². The van der Waals surface area contributed by atoms with Crippen LogP contribution in [0.5, 0.6) is 0 Å². The average Bonchev–Trinajstić information content (AvgIpc) is 3.23. The van der Waals surface area contributed by atoms with Gasteiger partial charge in [-0.2, -0.15) is 0 Å². The highest BCUT2D eigenvalue weighted by Crippen LogP contribution is 2.29. The van der Waals surface area contributed by atoms with Crippen molar-refractivity contribution in [3.8, 4) is 5.69 Å². The Morgan fingerprint density at radius 1 is 0.923 bits per heavy atom. The molecule has 1 fully saturated rings. The van der Waals surface area contributed by atoms with Gasteiger partial charge in [0.25, 0.3) is 5.91 Å². The maximum Gasteiger partial charge on any atom is 0.253 e. The molecule has 0 N–H and O–H groups in total. The lowest BCUT2D eigenvalue weighted by molar-refractivity contribution is 0.0747. The Bertz CT molecular complexity index is 890. The van der Waals surface area contributed by atoms with E-state index in [1.54, 1.807) is 12.7 Å². The normalized spacial score (nSPS) is 14.5. The van der Waals surface area contributed by atoms with Gasteiger partial charge in [0.1, 0.15) is 12.7 Å². The molecule has 0 spiro atoms. The second kappa shape index (κ2) is 7.17. The van der Waals surface area contributed by atoms with Crippen LogP contribution in [0.25, 0.3) is 5.69 Å². The molecule has 1 aromatic heterocycles. The molecule has 7 heteroatoms. The fourth-order valence-corrected chi connectivity index (χ4v) is 3.45. The van der Waals surface area contributed by atoms with E-state index < -0.39 is 0 Å². The van der Waals surface area contributed by atoms with Gasteiger partial charge in [-0.3, -0.25) is 9.36 Å². The second-order valence-corrected chi connectivity index (χ2v) is 6.56. The number of halogens is 1. The minimum atomic E-state index is 0.0827. The first kappa shape index (κ1) is 16.6. The maximum absolute atomic E-state index is 12.6. The van der Waals surface area contributed by atoms with Crippen LogP contribution in [0, 0.1) is 0 Å². The molecule has 2 aromatic carbocycles. The summed E-state index contributed by atoms with van der Waals surface area (Å²) in [5.41, 5.74) is 2.63. The zero-order valence-corrected chi connectivity index (χ0v) is 14.9. The Kier molecular flexibility index (Phi) is 4.58. The van der Waals surface area contributed by atoms with Crippen LogP contribution in [0.15, 0.2) is 61.2 Å². The summed E-state index contributed by atoms with van der Waals surface area (Å²) in [5.74, 6) is 0.0827. The molecule has 26 heavy (non-hydrogen) atoms. The van der Waals surface area contributed by atoms with Crippen molar-refractivity contribution in [3.05, 3.63) is 71.8 Å². The Morgan fingerprint density at radius 3 is 2.27 bits per heavy atom. The highest BCUT2D eigenvalue weighted by molar-refractivity contribution is 6.33. The zero-order chi connectivity index (χ0) is 17.9. The average molecular weight is 368 g/mol. The van der Waals surface area contributed by atoms with Gasteiger partial charge in [0, 0.05) is 37.4 Å². The first-order chi connectivity index (χ1) is 12.7. The minimum Gasteiger partial charge on any atom is -0.367 e. The number of hydrogen-bond acceptors (Lipinski definition) is 4. The number of aromatic nitrogens is 3. The van der Waals surface area contributed by atoms with Crippen LogP contribution in [0.2, 0.25) is 5.02 Å². The largest absolute Gasteiger partial charge is 0.367 e. The zero-order valence-electron chi connectivity index (χ0n) is 14.1. The Hall–Kier alpha value is -2.86. The molecule has 0 saturated carbocycles. The van der Waals surface area contributed by atoms with Crippen molar-refractivity contribution in [1.82, 2.24) is 19.7 Å². The van der Waals surface area contributed by atoms with Crippen LogP contribution < -0.4 is 4.90 Å². The van der Waals surface area contributed by atoms with E-state index in [1.807, 2.05) is 58.0 Å². The molecule has 132 valence electrons. The maximum atomic E-state index is 12.6. The Labute approximate surface area is 156 Å². The Morgan fingerprint density at radius 2 is 1.62 bits per heavy atom. The van der Waals surface area contributed by atoms with Crippen LogP contribution in [-0.2, 0) is 0 Å². The molecule has 2 heterocycles.